The van der Waals surface area contributed by atoms with Gasteiger partial charge in [-0.1, -0.05) is 39.7 Å². The summed E-state index contributed by atoms with van der Waals surface area (Å²) in [6.45, 7) is 0. The molecule has 0 aliphatic carbocycles. The van der Waals surface area contributed by atoms with Crippen molar-refractivity contribution in [1.82, 2.24) is 5.01 Å². The molecule has 0 unspecified atom stereocenters. The summed E-state index contributed by atoms with van der Waals surface area (Å²) in [6, 6.07) is 18.5. The van der Waals surface area contributed by atoms with Crippen LogP contribution >= 0.6 is 27.5 Å². The van der Waals surface area contributed by atoms with Gasteiger partial charge in [-0.15, -0.1) is 0 Å². The molecule has 0 fully saturated rings. The molecule has 0 radical (unpaired) electrons. The van der Waals surface area contributed by atoms with Gasteiger partial charge in [0.05, 0.1) is 11.8 Å². The van der Waals surface area contributed by atoms with Crippen LogP contribution in [-0.2, 0) is 0 Å². The van der Waals surface area contributed by atoms with E-state index in [0.29, 0.717) is 22.8 Å². The predicted octanol–water partition coefficient (Wildman–Crippen LogP) is 5.99. The fourth-order valence-corrected chi connectivity index (χ4v) is 4.31. The molecule has 2 atom stereocenters. The monoisotopic (exact) mass is 484 g/mol. The molecule has 0 N–H and O–H groups in total. The lowest BCUT2D eigenvalue weighted by Gasteiger charge is -2.37. The Bertz CT molecular complexity index is 1160. The fraction of sp³-hybridized carbons (Fsp3) is 0.130. The van der Waals surface area contributed by atoms with Crippen molar-refractivity contribution < 1.29 is 13.9 Å². The lowest BCUT2D eigenvalue weighted by molar-refractivity contribution is -0.00459. The molecular formula is C23H15BrClFN2O2. The van der Waals surface area contributed by atoms with Crippen LogP contribution in [0.2, 0.25) is 5.02 Å². The summed E-state index contributed by atoms with van der Waals surface area (Å²) in [5.41, 5.74) is 3.12. The van der Waals surface area contributed by atoms with Crippen molar-refractivity contribution in [3.8, 4) is 5.75 Å². The van der Waals surface area contributed by atoms with E-state index in [9.17, 15) is 9.18 Å². The van der Waals surface area contributed by atoms with Gasteiger partial charge in [0.25, 0.3) is 6.23 Å². The third kappa shape index (κ3) is 3.40. The zero-order valence-electron chi connectivity index (χ0n) is 15.6. The van der Waals surface area contributed by atoms with Crippen molar-refractivity contribution in [2.75, 3.05) is 0 Å². The molecule has 0 saturated carbocycles. The first kappa shape index (κ1) is 19.3. The van der Waals surface area contributed by atoms with Gasteiger partial charge in [-0.2, -0.15) is 5.10 Å². The van der Waals surface area contributed by atoms with E-state index in [1.165, 1.54) is 24.3 Å². The van der Waals surface area contributed by atoms with Crippen molar-refractivity contribution in [2.45, 2.75) is 18.7 Å². The molecular weight excluding hydrogens is 471 g/mol. The van der Waals surface area contributed by atoms with Gasteiger partial charge in [-0.3, -0.25) is 4.79 Å². The number of rotatable bonds is 3. The molecule has 0 aromatic heterocycles. The van der Waals surface area contributed by atoms with E-state index in [4.69, 9.17) is 21.4 Å². The summed E-state index contributed by atoms with van der Waals surface area (Å²) < 4.78 is 20.3. The molecule has 0 bridgehead atoms. The van der Waals surface area contributed by atoms with E-state index in [-0.39, 0.29) is 11.8 Å². The van der Waals surface area contributed by atoms with Gasteiger partial charge in [-0.05, 0) is 60.2 Å². The minimum atomic E-state index is -0.932. The van der Waals surface area contributed by atoms with E-state index >= 15 is 0 Å². The summed E-state index contributed by atoms with van der Waals surface area (Å²) in [7, 11) is 0. The number of hydrogen-bond acceptors (Lipinski definition) is 4. The highest BCUT2D eigenvalue weighted by Crippen LogP contribution is 2.44. The van der Waals surface area contributed by atoms with Crippen LogP contribution in [0.25, 0.3) is 0 Å². The highest BCUT2D eigenvalue weighted by atomic mass is 79.9. The molecule has 3 aromatic carbocycles. The van der Waals surface area contributed by atoms with Crippen LogP contribution in [0.1, 0.15) is 33.9 Å². The number of ether oxygens (including phenoxy) is 1. The van der Waals surface area contributed by atoms with Gasteiger partial charge in [0.1, 0.15) is 11.6 Å². The smallest absolute Gasteiger partial charge is 0.251 e. The molecule has 2 heterocycles. The fourth-order valence-electron chi connectivity index (χ4n) is 3.80. The maximum Gasteiger partial charge on any atom is 0.251 e. The quantitative estimate of drug-likeness (QED) is 0.428. The number of Topliss-reactive ketones (excluding diaryl/α,β-unsaturated/α-hetero) is 1. The second-order valence-electron chi connectivity index (χ2n) is 7.18. The number of carbonyl (C=O) groups is 1. The maximum atomic E-state index is 13.3. The first-order valence-corrected chi connectivity index (χ1v) is 10.5. The largest absolute Gasteiger partial charge is 0.461 e. The van der Waals surface area contributed by atoms with Gasteiger partial charge < -0.3 is 4.74 Å². The zero-order chi connectivity index (χ0) is 20.8. The summed E-state index contributed by atoms with van der Waals surface area (Å²) >= 11 is 9.54. The average molecular weight is 486 g/mol. The predicted molar refractivity (Wildman–Crippen MR) is 116 cm³/mol. The van der Waals surface area contributed by atoms with E-state index in [1.807, 2.05) is 42.5 Å². The Morgan fingerprint density at radius 2 is 1.83 bits per heavy atom. The lowest BCUT2D eigenvalue weighted by atomic mass is 9.96. The van der Waals surface area contributed by atoms with E-state index in [2.05, 4.69) is 15.9 Å². The Hall–Kier alpha value is -2.70. The number of carbonyl (C=O) groups excluding carboxylic acids is 1. The molecule has 3 aromatic rings. The number of fused-ring (bicyclic) bond motifs is 3. The third-order valence-corrected chi connectivity index (χ3v) is 6.03. The highest BCUT2D eigenvalue weighted by Gasteiger charge is 2.43. The topological polar surface area (TPSA) is 41.9 Å². The van der Waals surface area contributed by atoms with Crippen LogP contribution in [0.5, 0.6) is 5.75 Å². The van der Waals surface area contributed by atoms with E-state index in [0.717, 1.165) is 21.3 Å². The van der Waals surface area contributed by atoms with Gasteiger partial charge in [-0.25, -0.2) is 9.40 Å². The number of hydrogen-bond donors (Lipinski definition) is 0. The Balaban J connectivity index is 1.57. The second-order valence-corrected chi connectivity index (χ2v) is 8.53. The zero-order valence-corrected chi connectivity index (χ0v) is 17.9. The van der Waals surface area contributed by atoms with Crippen LogP contribution in [-0.4, -0.2) is 22.7 Å². The molecule has 5 rings (SSSR count). The summed E-state index contributed by atoms with van der Waals surface area (Å²) in [4.78, 5) is 13.2. The number of benzene rings is 3. The van der Waals surface area contributed by atoms with Gasteiger partial charge in [0, 0.05) is 27.0 Å². The second kappa shape index (κ2) is 7.52. The first-order valence-electron chi connectivity index (χ1n) is 9.37. The molecule has 150 valence electrons. The first-order chi connectivity index (χ1) is 14.5. The van der Waals surface area contributed by atoms with Crippen LogP contribution < -0.4 is 4.74 Å². The Morgan fingerprint density at radius 1 is 1.10 bits per heavy atom. The van der Waals surface area contributed by atoms with Crippen LogP contribution in [0.15, 0.2) is 76.3 Å². The summed E-state index contributed by atoms with van der Waals surface area (Å²) in [5.74, 6) is -0.0180. The Morgan fingerprint density at radius 3 is 2.57 bits per heavy atom. The number of halogens is 3. The number of nitrogens with zero attached hydrogens (tertiary/aromatic N) is 2. The Kier molecular flexibility index (Phi) is 4.83. The molecule has 4 nitrogen and oxygen atoms in total. The SMILES string of the molecule is O=C(c1ccc(F)cc1)[C@@H]1Oc2ccc(Br)cc2[C@@H]2CC(c3ccc(Cl)cc3)=NN12. The van der Waals surface area contributed by atoms with E-state index < -0.39 is 12.0 Å². The molecule has 2 aliphatic heterocycles. The third-order valence-electron chi connectivity index (χ3n) is 5.28. The van der Waals surface area contributed by atoms with Gasteiger partial charge in [0.2, 0.25) is 5.78 Å². The van der Waals surface area contributed by atoms with Crippen molar-refractivity contribution in [2.24, 2.45) is 5.10 Å². The van der Waals surface area contributed by atoms with Crippen molar-refractivity contribution in [3.05, 3.63) is 98.7 Å². The molecule has 2 aliphatic rings. The highest BCUT2D eigenvalue weighted by molar-refractivity contribution is 9.10. The normalized spacial score (nSPS) is 19.6. The van der Waals surface area contributed by atoms with Crippen molar-refractivity contribution in [3.63, 3.8) is 0 Å². The van der Waals surface area contributed by atoms with Crippen LogP contribution in [0.4, 0.5) is 4.39 Å². The number of hydrazone groups is 1. The molecule has 0 amide bonds. The standard InChI is InChI=1S/C23H15BrClFN2O2/c24-15-5-10-21-18(11-15)20-12-19(13-1-6-16(25)7-2-13)27-28(20)23(30-21)22(29)14-3-8-17(26)9-4-14/h1-11,20,23H,12H2/t20-,23-/m0/s1. The maximum absolute atomic E-state index is 13.3. The molecule has 30 heavy (non-hydrogen) atoms. The molecule has 7 heteroatoms. The minimum Gasteiger partial charge on any atom is -0.461 e. The van der Waals surface area contributed by atoms with Crippen LogP contribution in [0, 0.1) is 5.82 Å². The summed E-state index contributed by atoms with van der Waals surface area (Å²) in [5, 5.41) is 7.12. The van der Waals surface area contributed by atoms with Crippen molar-refractivity contribution >= 4 is 39.0 Å². The molecule has 0 spiro atoms. The van der Waals surface area contributed by atoms with Gasteiger partial charge >= 0.3 is 0 Å². The van der Waals surface area contributed by atoms with Crippen molar-refractivity contribution in [1.29, 1.82) is 0 Å². The van der Waals surface area contributed by atoms with E-state index in [1.54, 1.807) is 5.01 Å². The van der Waals surface area contributed by atoms with Crippen LogP contribution in [0.3, 0.4) is 0 Å². The average Bonchev–Trinajstić information content (AvgIpc) is 3.19. The van der Waals surface area contributed by atoms with Gasteiger partial charge in [0.15, 0.2) is 0 Å². The lowest BCUT2D eigenvalue weighted by Crippen LogP contribution is -2.45. The molecule has 0 saturated heterocycles. The number of ketones is 1. The minimum absolute atomic E-state index is 0.147. The Labute approximate surface area is 186 Å². The summed E-state index contributed by atoms with van der Waals surface area (Å²) in [6.07, 6.45) is -0.305.